The van der Waals surface area contributed by atoms with Gasteiger partial charge in [0.25, 0.3) is 11.8 Å². The molecule has 102 heavy (non-hydrogen) atoms. The zero-order chi connectivity index (χ0) is 69.5. The first-order valence-corrected chi connectivity index (χ1v) is 39.1. The Morgan fingerprint density at radius 1 is 0.520 bits per heavy atom. The van der Waals surface area contributed by atoms with E-state index in [1.165, 1.54) is 49.0 Å². The van der Waals surface area contributed by atoms with Crippen molar-refractivity contribution in [1.29, 1.82) is 0 Å². The van der Waals surface area contributed by atoms with Gasteiger partial charge in [0.1, 0.15) is 53.1 Å². The molecule has 3 N–H and O–H groups in total. The van der Waals surface area contributed by atoms with E-state index < -0.39 is 0 Å². The minimum atomic E-state index is -0.248. The maximum Gasteiger partial charge on any atom is 0.260 e. The van der Waals surface area contributed by atoms with Crippen LogP contribution < -0.4 is 30.2 Å². The summed E-state index contributed by atoms with van der Waals surface area (Å²) in [6, 6.07) is 53.9. The highest BCUT2D eigenvalue weighted by molar-refractivity contribution is 7.99. The number of anilines is 3. The lowest BCUT2D eigenvalue weighted by molar-refractivity contribution is -0.115. The Kier molecular flexibility index (Phi) is 23.2. The average molecular weight is 1510 g/mol. The van der Waals surface area contributed by atoms with Crippen LogP contribution in [0.25, 0.3) is 62.4 Å². The molecule has 0 fully saturated rings. The fourth-order valence-corrected chi connectivity index (χ4v) is 20.7. The number of para-hydroxylation sites is 3. The number of methoxy groups -OCH3 is 3. The number of rotatable bonds is 18. The number of aromatic nitrogens is 3. The van der Waals surface area contributed by atoms with Crippen molar-refractivity contribution in [1.82, 2.24) is 29.7 Å². The lowest BCUT2D eigenvalue weighted by Gasteiger charge is -2.27. The second kappa shape index (κ2) is 32.9. The third-order valence-electron chi connectivity index (χ3n) is 17.9. The van der Waals surface area contributed by atoms with Crippen LogP contribution in [0.1, 0.15) is 70.9 Å². The summed E-state index contributed by atoms with van der Waals surface area (Å²) in [5.74, 6) is 1.90. The summed E-state index contributed by atoms with van der Waals surface area (Å²) < 4.78 is 32.5. The molecular weight excluding hydrogens is 1440 g/mol. The number of fused-ring (bicyclic) bond motifs is 6. The van der Waals surface area contributed by atoms with Gasteiger partial charge in [-0.1, -0.05) is 73.7 Å². The van der Waals surface area contributed by atoms with E-state index in [0.29, 0.717) is 34.8 Å². The monoisotopic (exact) mass is 1510 g/mol. The number of nitrogens with zero attached hydrogens (tertiary/aromatic N) is 6. The molecule has 3 aliphatic heterocycles. The first-order chi connectivity index (χ1) is 49.3. The van der Waals surface area contributed by atoms with Gasteiger partial charge in [-0.2, -0.15) is 0 Å². The summed E-state index contributed by atoms with van der Waals surface area (Å²) in [4.78, 5) is 66.2. The Labute approximate surface area is 625 Å². The number of thioether (sulfide) groups is 1. The van der Waals surface area contributed by atoms with Gasteiger partial charge in [0.05, 0.1) is 57.5 Å². The molecule has 0 saturated heterocycles. The number of nitrogens with one attached hydrogen (secondary N) is 3. The third kappa shape index (κ3) is 16.3. The molecular formula is C78H73ClFN9O6S7. The summed E-state index contributed by atoms with van der Waals surface area (Å²) in [6.07, 6.45) is 3.24. The van der Waals surface area contributed by atoms with Crippen LogP contribution in [-0.4, -0.2) is 108 Å². The molecule has 15 nitrogen and oxygen atoms in total. The molecule has 522 valence electrons. The summed E-state index contributed by atoms with van der Waals surface area (Å²) in [7, 11) is 6.90. The van der Waals surface area contributed by atoms with Gasteiger partial charge in [0.2, 0.25) is 5.91 Å². The van der Waals surface area contributed by atoms with Crippen LogP contribution in [0, 0.1) is 5.82 Å². The van der Waals surface area contributed by atoms with Gasteiger partial charge < -0.3 is 35.1 Å². The second-order valence-corrected chi connectivity index (χ2v) is 32.0. The molecule has 3 amide bonds. The van der Waals surface area contributed by atoms with Crippen LogP contribution in [-0.2, 0) is 50.2 Å². The number of thiophene rings is 3. The van der Waals surface area contributed by atoms with Crippen LogP contribution in [0.3, 0.4) is 0 Å². The summed E-state index contributed by atoms with van der Waals surface area (Å²) >= 11 is 11.6. The standard InChI is InChI=1S/C30H27N3O3S2.C24H22FN3OS3.C24H23N3O2S2.ClH/c1-35-20-12-13-21(24(16-20)36-2)28(34)32-30-27(29-31-23-10-6-7-11-25(23)37-29)22-14-15-33(18-26(22)38-30)17-19-8-4-3-5-9-19;1-28-12-10-17-20(14-28)32-24(22(17)23-26-18-4-2-3-5-19(18)31-23)27-21(29)11-13-30-16-8-6-15(25)7-9-16;1-3-27-13-12-17-20(14-27)31-24(26-22(28)15-8-10-16(29-2)11-9-15)21(17)23-25-18-6-4-5-7-19(18)30-23;/h3-13,16H,14-15,17-18H2,1-2H3,(H,32,34);2-9H,10-14H2,1H3,(H,27,29);4-11H,3,12-14H2,1-2H3,(H,26,28);1H. The van der Waals surface area contributed by atoms with Crippen molar-refractivity contribution in [3.63, 3.8) is 0 Å². The third-order valence-corrected chi connectivity index (χ3v) is 25.4. The number of carbonyl (C=O) groups is 3. The molecule has 3 aliphatic rings. The normalized spacial score (nSPS) is 13.5. The molecule has 0 bridgehead atoms. The number of ether oxygens (including phenoxy) is 3. The molecule has 0 aliphatic carbocycles. The Bertz CT molecular complexity index is 5030. The maximum absolute atomic E-state index is 13.5. The van der Waals surface area contributed by atoms with Gasteiger partial charge >= 0.3 is 0 Å². The van der Waals surface area contributed by atoms with E-state index >= 15 is 0 Å². The average Bonchev–Trinajstić information content (AvgIpc) is 1.63. The van der Waals surface area contributed by atoms with Gasteiger partial charge in [-0.3, -0.25) is 24.2 Å². The SMILES string of the molecule is CCN1CCc2c(sc(NC(=O)c3ccc(OC)cc3)c2-c2nc3ccccc3s2)C1.CN1CCc2c(sc(NC(=O)CCSc3ccc(F)cc3)c2-c2nc3ccccc3s2)C1.COc1ccc(C(=O)Nc2sc3c(c2-c2nc4ccccc4s2)CCN(Cc2ccccc2)C3)c(OC)c1.Cl. The molecule has 13 aromatic rings. The minimum Gasteiger partial charge on any atom is -0.497 e. The van der Waals surface area contributed by atoms with E-state index in [-0.39, 0.29) is 35.9 Å². The van der Waals surface area contributed by atoms with E-state index in [0.717, 1.165) is 160 Å². The fourth-order valence-electron chi connectivity index (χ4n) is 12.6. The maximum atomic E-state index is 13.5. The number of halogens is 2. The number of benzene rings is 7. The molecule has 6 aromatic heterocycles. The molecule has 0 radical (unpaired) electrons. The molecule has 0 atom stereocenters. The number of likely N-dealkylation sites (N-methyl/N-ethyl adjacent to an activating group) is 2. The van der Waals surface area contributed by atoms with Crippen molar-refractivity contribution in [3.05, 3.63) is 224 Å². The smallest absolute Gasteiger partial charge is 0.260 e. The first-order valence-electron chi connectivity index (χ1n) is 33.2. The number of thiazole rings is 3. The summed E-state index contributed by atoms with van der Waals surface area (Å²) in [5, 5.41) is 15.1. The van der Waals surface area contributed by atoms with E-state index in [2.05, 4.69) is 87.1 Å². The molecule has 0 saturated carbocycles. The number of carbonyl (C=O) groups excluding carboxylic acids is 3. The van der Waals surface area contributed by atoms with E-state index in [9.17, 15) is 18.8 Å². The van der Waals surface area contributed by atoms with Crippen LogP contribution in [0.15, 0.2) is 175 Å². The Balaban J connectivity index is 0.000000137. The topological polar surface area (TPSA) is 163 Å². The lowest BCUT2D eigenvalue weighted by Crippen LogP contribution is -2.29. The first kappa shape index (κ1) is 71.9. The molecule has 16 rings (SSSR count). The quantitative estimate of drug-likeness (QED) is 0.0696. The second-order valence-electron chi connectivity index (χ2n) is 24.4. The van der Waals surface area contributed by atoms with Gasteiger partial charge in [-0.15, -0.1) is 92.2 Å². The van der Waals surface area contributed by atoms with Crippen molar-refractivity contribution in [3.8, 4) is 49.0 Å². The van der Waals surface area contributed by atoms with Crippen LogP contribution in [0.4, 0.5) is 19.4 Å². The van der Waals surface area contributed by atoms with Gasteiger partial charge in [0, 0.05) is 106 Å². The predicted molar refractivity (Wildman–Crippen MR) is 424 cm³/mol. The van der Waals surface area contributed by atoms with Gasteiger partial charge in [-0.25, -0.2) is 19.3 Å². The van der Waals surface area contributed by atoms with Gasteiger partial charge in [0.15, 0.2) is 0 Å². The molecule has 0 spiro atoms. The number of amides is 3. The zero-order valence-electron chi connectivity index (χ0n) is 56.6. The Morgan fingerprint density at radius 2 is 1.00 bits per heavy atom. The van der Waals surface area contributed by atoms with Crippen LogP contribution in [0.5, 0.6) is 17.2 Å². The number of hydrogen-bond donors (Lipinski definition) is 3. The molecule has 7 aromatic carbocycles. The van der Waals surface area contributed by atoms with E-state index in [4.69, 9.17) is 29.2 Å². The van der Waals surface area contributed by atoms with Gasteiger partial charge in [-0.05, 0) is 152 Å². The summed E-state index contributed by atoms with van der Waals surface area (Å²) in [6.45, 7) is 9.78. The largest absolute Gasteiger partial charge is 0.497 e. The van der Waals surface area contributed by atoms with Crippen molar-refractivity contribution >= 4 is 156 Å². The predicted octanol–water partition coefficient (Wildman–Crippen LogP) is 19.2. The van der Waals surface area contributed by atoms with E-state index in [1.54, 1.807) is 144 Å². The lowest BCUT2D eigenvalue weighted by atomic mass is 10.0. The molecule has 9 heterocycles. The van der Waals surface area contributed by atoms with E-state index in [1.807, 2.05) is 72.8 Å². The highest BCUT2D eigenvalue weighted by Crippen LogP contribution is 2.49. The van der Waals surface area contributed by atoms with Crippen LogP contribution in [0.2, 0.25) is 0 Å². The highest BCUT2D eigenvalue weighted by atomic mass is 35.5. The minimum absolute atomic E-state index is 0. The van der Waals surface area contributed by atoms with Crippen molar-refractivity contribution in [2.75, 3.05) is 76.3 Å². The van der Waals surface area contributed by atoms with Crippen molar-refractivity contribution < 1.29 is 33.0 Å². The Morgan fingerprint density at radius 3 is 1.53 bits per heavy atom. The fraction of sp³-hybridized carbons (Fsp3) is 0.231. The Hall–Kier alpha value is -8.43. The highest BCUT2D eigenvalue weighted by Gasteiger charge is 2.32. The molecule has 24 heteroatoms. The summed E-state index contributed by atoms with van der Waals surface area (Å²) in [5.41, 5.74) is 12.5. The molecule has 0 unspecified atom stereocenters. The van der Waals surface area contributed by atoms with Crippen LogP contribution >= 0.6 is 92.2 Å². The zero-order valence-corrected chi connectivity index (χ0v) is 63.2. The number of hydrogen-bond acceptors (Lipinski definition) is 19. The van der Waals surface area contributed by atoms with Crippen molar-refractivity contribution in [2.24, 2.45) is 0 Å². The van der Waals surface area contributed by atoms with Crippen molar-refractivity contribution in [2.45, 2.75) is 63.7 Å².